The van der Waals surface area contributed by atoms with Crippen molar-refractivity contribution in [3.8, 4) is 6.07 Å². The van der Waals surface area contributed by atoms with E-state index in [4.69, 9.17) is 5.26 Å². The summed E-state index contributed by atoms with van der Waals surface area (Å²) in [6.45, 7) is 7.42. The largest absolute Gasteiger partial charge is 0.295 e. The highest BCUT2D eigenvalue weighted by Crippen LogP contribution is 2.10. The van der Waals surface area contributed by atoms with Gasteiger partial charge in [-0.1, -0.05) is 79.7 Å². The average molecular weight is 357 g/mol. The third kappa shape index (κ3) is 7.90. The number of benzene rings is 3. The van der Waals surface area contributed by atoms with Gasteiger partial charge in [-0.25, -0.2) is 0 Å². The minimum absolute atomic E-state index is 0.731. The summed E-state index contributed by atoms with van der Waals surface area (Å²) in [6, 6.07) is 31.0. The molecular weight excluding hydrogens is 328 g/mol. The lowest BCUT2D eigenvalue weighted by Crippen LogP contribution is -2.23. The molecule has 2 heteroatoms. The van der Waals surface area contributed by atoms with Crippen molar-refractivity contribution < 1.29 is 0 Å². The Morgan fingerprint density at radius 1 is 0.778 bits per heavy atom. The van der Waals surface area contributed by atoms with Crippen molar-refractivity contribution in [2.75, 3.05) is 6.54 Å². The van der Waals surface area contributed by atoms with E-state index in [2.05, 4.69) is 78.6 Å². The number of nitriles is 1. The predicted octanol–water partition coefficient (Wildman–Crippen LogP) is 5.97. The van der Waals surface area contributed by atoms with Crippen LogP contribution in [0, 0.1) is 18.3 Å². The molecule has 0 N–H and O–H groups in total. The van der Waals surface area contributed by atoms with E-state index in [9.17, 15) is 0 Å². The second kappa shape index (κ2) is 11.7. The summed E-state index contributed by atoms with van der Waals surface area (Å²) in [6.07, 6.45) is 1.19. The number of rotatable bonds is 6. The maximum absolute atomic E-state index is 8.41. The van der Waals surface area contributed by atoms with Crippen molar-refractivity contribution in [3.63, 3.8) is 0 Å². The highest BCUT2D eigenvalue weighted by Gasteiger charge is 2.05. The molecule has 138 valence electrons. The van der Waals surface area contributed by atoms with Crippen LogP contribution >= 0.6 is 0 Å². The van der Waals surface area contributed by atoms with Crippen LogP contribution in [0.15, 0.2) is 84.9 Å². The summed E-state index contributed by atoms with van der Waals surface area (Å²) in [5.74, 6) is 0. The molecule has 0 aliphatic carbocycles. The lowest BCUT2D eigenvalue weighted by Gasteiger charge is -2.21. The fourth-order valence-corrected chi connectivity index (χ4v) is 2.93. The van der Waals surface area contributed by atoms with Crippen molar-refractivity contribution >= 4 is 0 Å². The fraction of sp³-hybridized carbons (Fsp3) is 0.240. The van der Waals surface area contributed by atoms with Gasteiger partial charge in [0, 0.05) is 13.1 Å². The smallest absolute Gasteiger partial charge is 0.0991 e. The van der Waals surface area contributed by atoms with Gasteiger partial charge in [-0.3, -0.25) is 4.90 Å². The standard InChI is InChI=1S/C17H21N.C8H7N/c1-2-13-18(14-16-9-5-3-6-10-16)15-17-11-7-4-8-12-17;1-7-3-2-4-8(5-7)6-9/h3-12H,2,13-15H2,1H3;2-5H,1H3. The summed E-state index contributed by atoms with van der Waals surface area (Å²) in [5.41, 5.74) is 4.65. The van der Waals surface area contributed by atoms with Gasteiger partial charge in [0.15, 0.2) is 0 Å². The quantitative estimate of drug-likeness (QED) is 0.544. The van der Waals surface area contributed by atoms with Crippen LogP contribution in [-0.4, -0.2) is 11.4 Å². The molecule has 0 saturated heterocycles. The van der Waals surface area contributed by atoms with E-state index in [1.165, 1.54) is 17.5 Å². The predicted molar refractivity (Wildman–Crippen MR) is 113 cm³/mol. The molecule has 0 saturated carbocycles. The van der Waals surface area contributed by atoms with Crippen molar-refractivity contribution in [3.05, 3.63) is 107 Å². The Labute approximate surface area is 163 Å². The second-order valence-corrected chi connectivity index (χ2v) is 6.66. The number of aryl methyl sites for hydroxylation is 1. The Morgan fingerprint density at radius 3 is 1.74 bits per heavy atom. The van der Waals surface area contributed by atoms with Crippen LogP contribution < -0.4 is 0 Å². The van der Waals surface area contributed by atoms with Crippen LogP contribution in [0.25, 0.3) is 0 Å². The Hall–Kier alpha value is -2.89. The first-order chi connectivity index (χ1) is 13.2. The van der Waals surface area contributed by atoms with Gasteiger partial charge in [-0.2, -0.15) is 5.26 Å². The van der Waals surface area contributed by atoms with E-state index < -0.39 is 0 Å². The van der Waals surface area contributed by atoms with Crippen LogP contribution in [-0.2, 0) is 13.1 Å². The minimum atomic E-state index is 0.731. The van der Waals surface area contributed by atoms with E-state index in [0.717, 1.165) is 30.8 Å². The Bertz CT molecular complexity index is 778. The molecule has 3 rings (SSSR count). The zero-order valence-electron chi connectivity index (χ0n) is 16.3. The summed E-state index contributed by atoms with van der Waals surface area (Å²) in [4.78, 5) is 2.50. The zero-order chi connectivity index (χ0) is 19.3. The van der Waals surface area contributed by atoms with Crippen molar-refractivity contribution in [2.24, 2.45) is 0 Å². The van der Waals surface area contributed by atoms with Gasteiger partial charge in [0.25, 0.3) is 0 Å². The lowest BCUT2D eigenvalue weighted by atomic mass is 10.1. The van der Waals surface area contributed by atoms with E-state index >= 15 is 0 Å². The van der Waals surface area contributed by atoms with E-state index in [1.54, 1.807) is 6.07 Å². The van der Waals surface area contributed by atoms with Gasteiger partial charge in [-0.15, -0.1) is 0 Å². The molecule has 2 nitrogen and oxygen atoms in total. The zero-order valence-corrected chi connectivity index (χ0v) is 16.3. The topological polar surface area (TPSA) is 27.0 Å². The summed E-state index contributed by atoms with van der Waals surface area (Å²) >= 11 is 0. The molecule has 27 heavy (non-hydrogen) atoms. The van der Waals surface area contributed by atoms with Crippen LogP contribution in [0.1, 0.15) is 35.6 Å². The van der Waals surface area contributed by atoms with Gasteiger partial charge < -0.3 is 0 Å². The molecule has 3 aromatic carbocycles. The third-order valence-corrected chi connectivity index (χ3v) is 4.19. The molecule has 0 spiro atoms. The second-order valence-electron chi connectivity index (χ2n) is 6.66. The highest BCUT2D eigenvalue weighted by atomic mass is 15.1. The minimum Gasteiger partial charge on any atom is -0.295 e. The molecule has 0 unspecified atom stereocenters. The molecule has 0 aromatic heterocycles. The van der Waals surface area contributed by atoms with Crippen LogP contribution in [0.5, 0.6) is 0 Å². The third-order valence-electron chi connectivity index (χ3n) is 4.19. The maximum atomic E-state index is 8.41. The van der Waals surface area contributed by atoms with Crippen molar-refractivity contribution in [1.82, 2.24) is 4.90 Å². The number of nitrogens with zero attached hydrogens (tertiary/aromatic N) is 2. The first-order valence-electron chi connectivity index (χ1n) is 9.48. The average Bonchev–Trinajstić information content (AvgIpc) is 2.70. The molecule has 0 aliphatic heterocycles. The maximum Gasteiger partial charge on any atom is 0.0991 e. The van der Waals surface area contributed by atoms with Crippen LogP contribution in [0.3, 0.4) is 0 Å². The van der Waals surface area contributed by atoms with Gasteiger partial charge >= 0.3 is 0 Å². The normalized spacial score (nSPS) is 10.0. The number of hydrogen-bond donors (Lipinski definition) is 0. The van der Waals surface area contributed by atoms with Crippen LogP contribution in [0.4, 0.5) is 0 Å². The summed E-state index contributed by atoms with van der Waals surface area (Å²) in [5, 5.41) is 8.41. The molecule has 3 aromatic rings. The fourth-order valence-electron chi connectivity index (χ4n) is 2.93. The molecule has 0 radical (unpaired) electrons. The van der Waals surface area contributed by atoms with E-state index in [0.29, 0.717) is 0 Å². The summed E-state index contributed by atoms with van der Waals surface area (Å²) in [7, 11) is 0. The summed E-state index contributed by atoms with van der Waals surface area (Å²) < 4.78 is 0. The monoisotopic (exact) mass is 356 g/mol. The van der Waals surface area contributed by atoms with Crippen molar-refractivity contribution in [2.45, 2.75) is 33.4 Å². The molecule has 0 heterocycles. The highest BCUT2D eigenvalue weighted by molar-refractivity contribution is 5.31. The van der Waals surface area contributed by atoms with Gasteiger partial charge in [0.1, 0.15) is 0 Å². The molecule has 0 atom stereocenters. The Morgan fingerprint density at radius 2 is 1.33 bits per heavy atom. The van der Waals surface area contributed by atoms with Gasteiger partial charge in [0.2, 0.25) is 0 Å². The first-order valence-corrected chi connectivity index (χ1v) is 9.48. The SMILES string of the molecule is CCCN(Cc1ccccc1)Cc1ccccc1.Cc1cccc(C#N)c1. The lowest BCUT2D eigenvalue weighted by molar-refractivity contribution is 0.257. The Balaban J connectivity index is 0.000000244. The molecule has 0 fully saturated rings. The van der Waals surface area contributed by atoms with Gasteiger partial charge in [-0.05, 0) is 48.7 Å². The Kier molecular flexibility index (Phi) is 8.83. The van der Waals surface area contributed by atoms with Crippen LogP contribution in [0.2, 0.25) is 0 Å². The van der Waals surface area contributed by atoms with E-state index in [1.807, 2.05) is 25.1 Å². The van der Waals surface area contributed by atoms with E-state index in [-0.39, 0.29) is 0 Å². The van der Waals surface area contributed by atoms with Gasteiger partial charge in [0.05, 0.1) is 11.6 Å². The number of hydrogen-bond acceptors (Lipinski definition) is 2. The molecule has 0 aliphatic rings. The van der Waals surface area contributed by atoms with Crippen molar-refractivity contribution in [1.29, 1.82) is 5.26 Å². The molecular formula is C25H28N2. The molecule has 0 bridgehead atoms. The molecule has 0 amide bonds. The first kappa shape index (κ1) is 20.4.